The lowest BCUT2D eigenvalue weighted by molar-refractivity contribution is -0.166. The van der Waals surface area contributed by atoms with Crippen molar-refractivity contribution in [1.29, 1.82) is 0 Å². The SMILES string of the molecule is N[C@@H](Cc1cnc[nH]1)C(=O)OC(=O)CCC(=O)OC(=O)[C@@H](N)Cc1cnc[nH]1. The first-order valence-electron chi connectivity index (χ1n) is 8.30. The number of ether oxygens (including phenoxy) is 2. The van der Waals surface area contributed by atoms with Gasteiger partial charge in [-0.25, -0.2) is 19.6 Å². The molecule has 0 aliphatic carbocycles. The van der Waals surface area contributed by atoms with Crippen molar-refractivity contribution in [3.05, 3.63) is 36.4 Å². The summed E-state index contributed by atoms with van der Waals surface area (Å²) in [4.78, 5) is 59.9. The molecule has 12 heteroatoms. The minimum Gasteiger partial charge on any atom is -0.392 e. The quantitative estimate of drug-likeness (QED) is 0.287. The van der Waals surface area contributed by atoms with Gasteiger partial charge in [-0.05, 0) is 0 Å². The molecule has 2 aromatic rings. The molecule has 0 spiro atoms. The fourth-order valence-corrected chi connectivity index (χ4v) is 2.12. The Morgan fingerprint density at radius 2 is 1.21 bits per heavy atom. The summed E-state index contributed by atoms with van der Waals surface area (Å²) in [5.41, 5.74) is 12.5. The molecule has 0 aliphatic rings. The molecule has 0 unspecified atom stereocenters. The molecular weight excluding hydrogens is 372 g/mol. The van der Waals surface area contributed by atoms with Crippen LogP contribution >= 0.6 is 0 Å². The molecule has 0 fully saturated rings. The van der Waals surface area contributed by atoms with Crippen molar-refractivity contribution in [2.75, 3.05) is 0 Å². The van der Waals surface area contributed by atoms with E-state index >= 15 is 0 Å². The van der Waals surface area contributed by atoms with Crippen molar-refractivity contribution >= 4 is 23.9 Å². The average Bonchev–Trinajstić information content (AvgIpc) is 3.33. The summed E-state index contributed by atoms with van der Waals surface area (Å²) in [7, 11) is 0. The lowest BCUT2D eigenvalue weighted by Crippen LogP contribution is -2.36. The monoisotopic (exact) mass is 392 g/mol. The fourth-order valence-electron chi connectivity index (χ4n) is 2.12. The number of hydrogen-bond donors (Lipinski definition) is 4. The first-order valence-corrected chi connectivity index (χ1v) is 8.30. The highest BCUT2D eigenvalue weighted by Gasteiger charge is 2.23. The second kappa shape index (κ2) is 10.1. The molecule has 0 aromatic carbocycles. The summed E-state index contributed by atoms with van der Waals surface area (Å²) >= 11 is 0. The number of carbonyl (C=O) groups is 4. The van der Waals surface area contributed by atoms with Crippen LogP contribution in [0.3, 0.4) is 0 Å². The van der Waals surface area contributed by atoms with E-state index in [9.17, 15) is 19.2 Å². The Morgan fingerprint density at radius 1 is 0.821 bits per heavy atom. The van der Waals surface area contributed by atoms with Crippen LogP contribution in [0.1, 0.15) is 24.2 Å². The van der Waals surface area contributed by atoms with Crippen LogP contribution in [0.4, 0.5) is 0 Å². The van der Waals surface area contributed by atoms with Gasteiger partial charge in [0, 0.05) is 36.6 Å². The second-order valence-corrected chi connectivity index (χ2v) is 5.86. The molecule has 0 saturated heterocycles. The van der Waals surface area contributed by atoms with Gasteiger partial charge in [-0.15, -0.1) is 0 Å². The van der Waals surface area contributed by atoms with Crippen molar-refractivity contribution in [2.24, 2.45) is 11.5 Å². The minimum atomic E-state index is -1.07. The summed E-state index contributed by atoms with van der Waals surface area (Å²) in [5.74, 6) is -3.80. The summed E-state index contributed by atoms with van der Waals surface area (Å²) < 4.78 is 9.14. The van der Waals surface area contributed by atoms with Gasteiger partial charge in [-0.2, -0.15) is 0 Å². The highest BCUT2D eigenvalue weighted by molar-refractivity contribution is 5.92. The molecule has 2 heterocycles. The summed E-state index contributed by atoms with van der Waals surface area (Å²) in [5, 5.41) is 0. The highest BCUT2D eigenvalue weighted by atomic mass is 16.6. The molecule has 150 valence electrons. The van der Waals surface area contributed by atoms with E-state index in [0.29, 0.717) is 11.4 Å². The van der Waals surface area contributed by atoms with Crippen LogP contribution < -0.4 is 11.5 Å². The Balaban J connectivity index is 1.67. The van der Waals surface area contributed by atoms with Crippen LogP contribution in [0.5, 0.6) is 0 Å². The van der Waals surface area contributed by atoms with E-state index in [2.05, 4.69) is 29.4 Å². The predicted molar refractivity (Wildman–Crippen MR) is 92.0 cm³/mol. The van der Waals surface area contributed by atoms with E-state index in [-0.39, 0.29) is 12.8 Å². The molecular formula is C16H20N6O6. The van der Waals surface area contributed by atoms with E-state index in [1.54, 1.807) is 0 Å². The van der Waals surface area contributed by atoms with Gasteiger partial charge < -0.3 is 30.9 Å². The summed E-state index contributed by atoms with van der Waals surface area (Å²) in [6, 6.07) is -2.14. The van der Waals surface area contributed by atoms with Crippen molar-refractivity contribution in [2.45, 2.75) is 37.8 Å². The first-order chi connectivity index (χ1) is 13.3. The number of aromatic nitrogens is 4. The zero-order chi connectivity index (χ0) is 20.5. The molecule has 0 amide bonds. The molecule has 0 bridgehead atoms. The van der Waals surface area contributed by atoms with Gasteiger partial charge in [0.2, 0.25) is 0 Å². The van der Waals surface area contributed by atoms with Gasteiger partial charge in [-0.3, -0.25) is 9.59 Å². The number of nitrogens with zero attached hydrogens (tertiary/aromatic N) is 2. The molecule has 2 rings (SSSR count). The summed E-state index contributed by atoms with van der Waals surface area (Å²) in [6.45, 7) is 0. The zero-order valence-electron chi connectivity index (χ0n) is 14.8. The number of hydrogen-bond acceptors (Lipinski definition) is 10. The Morgan fingerprint density at radius 3 is 1.54 bits per heavy atom. The van der Waals surface area contributed by atoms with E-state index in [1.165, 1.54) is 25.0 Å². The fraction of sp³-hybridized carbons (Fsp3) is 0.375. The molecule has 6 N–H and O–H groups in total. The molecule has 0 aliphatic heterocycles. The third-order valence-electron chi connectivity index (χ3n) is 3.56. The number of aromatic amines is 2. The van der Waals surface area contributed by atoms with Gasteiger partial charge in [0.25, 0.3) is 0 Å². The van der Waals surface area contributed by atoms with Crippen molar-refractivity contribution < 1.29 is 28.7 Å². The number of rotatable bonds is 9. The maximum atomic E-state index is 11.7. The van der Waals surface area contributed by atoms with Crippen LogP contribution in [0.2, 0.25) is 0 Å². The summed E-state index contributed by atoms with van der Waals surface area (Å²) in [6.07, 6.45) is 5.12. The van der Waals surface area contributed by atoms with Crippen molar-refractivity contribution in [3.8, 4) is 0 Å². The number of imidazole rings is 2. The number of esters is 4. The highest BCUT2D eigenvalue weighted by Crippen LogP contribution is 2.03. The molecule has 28 heavy (non-hydrogen) atoms. The zero-order valence-corrected chi connectivity index (χ0v) is 14.8. The Hall–Kier alpha value is -3.38. The molecule has 12 nitrogen and oxygen atoms in total. The average molecular weight is 392 g/mol. The number of carbonyl (C=O) groups excluding carboxylic acids is 4. The smallest absolute Gasteiger partial charge is 0.330 e. The van der Waals surface area contributed by atoms with Crippen molar-refractivity contribution in [3.63, 3.8) is 0 Å². The lowest BCUT2D eigenvalue weighted by atomic mass is 10.2. The van der Waals surface area contributed by atoms with Gasteiger partial charge in [0.1, 0.15) is 12.1 Å². The number of nitrogens with one attached hydrogen (secondary N) is 2. The number of nitrogens with two attached hydrogens (primary N) is 2. The topological polar surface area (TPSA) is 196 Å². The maximum absolute atomic E-state index is 11.7. The third-order valence-corrected chi connectivity index (χ3v) is 3.56. The third kappa shape index (κ3) is 6.74. The Kier molecular flexibility index (Phi) is 7.54. The molecule has 0 radical (unpaired) electrons. The van der Waals surface area contributed by atoms with Gasteiger partial charge in [0.15, 0.2) is 0 Å². The number of H-pyrrole nitrogens is 2. The van der Waals surface area contributed by atoms with Crippen LogP contribution in [0, 0.1) is 0 Å². The predicted octanol–water partition coefficient (Wildman–Crippen LogP) is -1.51. The molecule has 2 atom stereocenters. The first kappa shape index (κ1) is 20.9. The van der Waals surface area contributed by atoms with Crippen LogP contribution in [0.25, 0.3) is 0 Å². The normalized spacial score (nSPS) is 12.8. The lowest BCUT2D eigenvalue weighted by Gasteiger charge is -2.10. The largest absolute Gasteiger partial charge is 0.392 e. The van der Waals surface area contributed by atoms with E-state index in [0.717, 1.165) is 0 Å². The van der Waals surface area contributed by atoms with Crippen LogP contribution in [-0.4, -0.2) is 55.9 Å². The molecule has 2 aromatic heterocycles. The van der Waals surface area contributed by atoms with Gasteiger partial charge in [0.05, 0.1) is 25.5 Å². The molecule has 0 saturated carbocycles. The standard InChI is InChI=1S/C16H20N6O6/c17-11(3-9-5-19-7-21-9)15(25)27-13(23)1-2-14(24)28-16(26)12(18)4-10-6-20-8-22-10/h5-8,11-12H,1-4,17-18H2,(H,19,21)(H,20,22)/t11-,12-/m0/s1. The van der Waals surface area contributed by atoms with Crippen molar-refractivity contribution in [1.82, 2.24) is 19.9 Å². The maximum Gasteiger partial charge on any atom is 0.330 e. The van der Waals surface area contributed by atoms with Gasteiger partial charge >= 0.3 is 23.9 Å². The Labute approximate surface area is 159 Å². The minimum absolute atomic E-state index is 0.108. The van der Waals surface area contributed by atoms with E-state index < -0.39 is 48.8 Å². The van der Waals surface area contributed by atoms with E-state index in [4.69, 9.17) is 11.5 Å². The van der Waals surface area contributed by atoms with Crippen LogP contribution in [-0.2, 0) is 41.5 Å². The Bertz CT molecular complexity index is 735. The van der Waals surface area contributed by atoms with E-state index in [1.807, 2.05) is 0 Å². The second-order valence-electron chi connectivity index (χ2n) is 5.86. The van der Waals surface area contributed by atoms with Gasteiger partial charge in [-0.1, -0.05) is 0 Å². The van der Waals surface area contributed by atoms with Crippen LogP contribution in [0.15, 0.2) is 25.0 Å².